The zero-order valence-electron chi connectivity index (χ0n) is 26.5. The van der Waals surface area contributed by atoms with Gasteiger partial charge < -0.3 is 4.55 Å². The first kappa shape index (κ1) is 40.7. The van der Waals surface area contributed by atoms with Crippen molar-refractivity contribution in [1.29, 1.82) is 0 Å². The van der Waals surface area contributed by atoms with E-state index in [9.17, 15) is 13.2 Å². The normalized spacial score (nSPS) is 13.4. The van der Waals surface area contributed by atoms with Crippen LogP contribution >= 0.6 is 15.8 Å². The van der Waals surface area contributed by atoms with Crippen LogP contribution in [0.4, 0.5) is 13.2 Å². The molecule has 49 heavy (non-hydrogen) atoms. The molecule has 6 rings (SSSR count). The predicted molar refractivity (Wildman–Crippen MR) is 195 cm³/mol. The zero-order valence-corrected chi connectivity index (χ0v) is 30.7. The van der Waals surface area contributed by atoms with Gasteiger partial charge in [-0.25, -0.2) is 8.42 Å². The molecule has 0 N–H and O–H groups in total. The van der Waals surface area contributed by atoms with Gasteiger partial charge in [0.15, 0.2) is 10.1 Å². The quantitative estimate of drug-likeness (QED) is 0.0769. The maximum absolute atomic E-state index is 10.7. The predicted octanol–water partition coefficient (Wildman–Crippen LogP) is 7.63. The van der Waals surface area contributed by atoms with Crippen molar-refractivity contribution in [1.82, 2.24) is 0 Å². The summed E-state index contributed by atoms with van der Waals surface area (Å²) in [4.78, 5) is 0. The molecule has 5 aromatic carbocycles. The Morgan fingerprint density at radius 3 is 0.857 bits per heavy atom. The van der Waals surface area contributed by atoms with Crippen molar-refractivity contribution in [2.24, 2.45) is 0 Å². The third-order valence-corrected chi connectivity index (χ3v) is 12.8. The van der Waals surface area contributed by atoms with Gasteiger partial charge in [-0.05, 0) is 99.0 Å². The Kier molecular flexibility index (Phi) is 17.3. The van der Waals surface area contributed by atoms with Gasteiger partial charge in [0, 0.05) is 19.5 Å². The molecule has 0 aromatic heterocycles. The van der Waals surface area contributed by atoms with E-state index in [1.165, 1.54) is 57.5 Å². The summed E-state index contributed by atoms with van der Waals surface area (Å²) in [6, 6.07) is 53.0. The van der Waals surface area contributed by atoms with Crippen molar-refractivity contribution in [3.05, 3.63) is 171 Å². The number of rotatable bonds is 6. The van der Waals surface area contributed by atoms with Crippen LogP contribution in [-0.4, -0.2) is 18.5 Å². The molecule has 0 unspecified atom stereocenters. The number of alkyl halides is 3. The number of halogens is 3. The third-order valence-electron chi connectivity index (χ3n) is 7.04. The average Bonchev–Trinajstić information content (AvgIpc) is 3.07. The molecular weight excluding hydrogens is 770 g/mol. The summed E-state index contributed by atoms with van der Waals surface area (Å²) in [5.41, 5.74) is -5.65. The number of hydrogen-bond donors (Lipinski definition) is 0. The van der Waals surface area contributed by atoms with Crippen LogP contribution in [0.25, 0.3) is 0 Å². The standard InChI is InChI=1S/C30H24P2.C8H12.CHF3O3S.Rh/c1-5-15-25(16-6-1)31(26-17-7-2-8-18-26)29-23-13-14-24-30(29)32(27-19-9-3-10-20-27)28-21-11-4-12-22-28;1-2-4-6-8-7-5-3-1;2-1(3,4)8(5,6)7;/h1-24H;1-2,7-8H,3-6H2;(H,5,6,7);/p-1. The van der Waals surface area contributed by atoms with Crippen molar-refractivity contribution in [2.75, 3.05) is 0 Å². The molecule has 0 spiro atoms. The Morgan fingerprint density at radius 1 is 0.449 bits per heavy atom. The Hall–Kier alpha value is -2.72. The van der Waals surface area contributed by atoms with E-state index in [2.05, 4.69) is 171 Å². The van der Waals surface area contributed by atoms with Crippen molar-refractivity contribution < 1.29 is 45.6 Å². The molecule has 10 heteroatoms. The van der Waals surface area contributed by atoms with Crippen LogP contribution in [0.15, 0.2) is 146 Å². The molecule has 1 aliphatic rings. The van der Waals surface area contributed by atoms with Crippen LogP contribution in [0.5, 0.6) is 0 Å². The van der Waals surface area contributed by atoms with Crippen molar-refractivity contribution in [3.63, 3.8) is 0 Å². The van der Waals surface area contributed by atoms with Gasteiger partial charge in [0.05, 0.1) is 0 Å². The minimum absolute atomic E-state index is 0. The van der Waals surface area contributed by atoms with Gasteiger partial charge in [0.1, 0.15) is 0 Å². The Labute approximate surface area is 304 Å². The summed E-state index contributed by atoms with van der Waals surface area (Å²) in [6.07, 6.45) is 14.0. The van der Waals surface area contributed by atoms with Gasteiger partial charge in [0.2, 0.25) is 0 Å². The molecule has 5 aromatic rings. The summed E-state index contributed by atoms with van der Waals surface area (Å²) in [7, 11) is -7.42. The summed E-state index contributed by atoms with van der Waals surface area (Å²) >= 11 is 0. The first-order chi connectivity index (χ1) is 23.2. The van der Waals surface area contributed by atoms with E-state index < -0.39 is 31.5 Å². The Morgan fingerprint density at radius 2 is 0.653 bits per heavy atom. The maximum Gasteiger partial charge on any atom is 0.485 e. The van der Waals surface area contributed by atoms with Crippen molar-refractivity contribution in [3.8, 4) is 0 Å². The molecule has 257 valence electrons. The molecule has 5 radical (unpaired) electrons. The van der Waals surface area contributed by atoms with E-state index in [0.717, 1.165) is 0 Å². The fraction of sp³-hybridized carbons (Fsp3) is 0.128. The fourth-order valence-electron chi connectivity index (χ4n) is 4.86. The Balaban J connectivity index is 0.000000317. The van der Waals surface area contributed by atoms with E-state index in [1.807, 2.05) is 0 Å². The molecule has 0 saturated heterocycles. The second kappa shape index (κ2) is 20.8. The van der Waals surface area contributed by atoms with E-state index >= 15 is 0 Å². The van der Waals surface area contributed by atoms with E-state index in [0.29, 0.717) is 0 Å². The smallest absolute Gasteiger partial charge is 0.485 e. The van der Waals surface area contributed by atoms with Crippen molar-refractivity contribution >= 4 is 57.8 Å². The van der Waals surface area contributed by atoms with Crippen LogP contribution in [0.1, 0.15) is 25.7 Å². The molecule has 3 nitrogen and oxygen atoms in total. The second-order valence-corrected chi connectivity index (χ2v) is 16.2. The second-order valence-electron chi connectivity index (χ2n) is 10.5. The van der Waals surface area contributed by atoms with E-state index in [-0.39, 0.29) is 19.5 Å². The van der Waals surface area contributed by atoms with Crippen LogP contribution in [0, 0.1) is 25.7 Å². The maximum atomic E-state index is 10.7. The van der Waals surface area contributed by atoms with Crippen molar-refractivity contribution in [2.45, 2.75) is 31.2 Å². The molecular formula is C39H36F3O3P2RhS-. The van der Waals surface area contributed by atoms with Crippen LogP contribution in [-0.2, 0) is 29.6 Å². The molecule has 0 amide bonds. The molecule has 0 aliphatic heterocycles. The van der Waals surface area contributed by atoms with Gasteiger partial charge in [-0.2, -0.15) is 13.2 Å². The minimum Gasteiger partial charge on any atom is -0.741 e. The average molecular weight is 807 g/mol. The zero-order chi connectivity index (χ0) is 34.2. The first-order valence-electron chi connectivity index (χ1n) is 15.4. The SMILES string of the molecule is O=S(=O)([O-])C(F)(F)F.[CH]1[CH]CC[CH][CH]CC1.[Rh].c1ccc(P(c2ccccc2)c2ccccc2P(c2ccccc2)c2ccccc2)cc1. The summed E-state index contributed by atoms with van der Waals surface area (Å²) in [6.45, 7) is 0. The molecule has 1 saturated carbocycles. The topological polar surface area (TPSA) is 57.2 Å². The van der Waals surface area contributed by atoms with Gasteiger partial charge in [-0.3, -0.25) is 0 Å². The van der Waals surface area contributed by atoms with E-state index in [1.54, 1.807) is 0 Å². The van der Waals surface area contributed by atoms with Gasteiger partial charge >= 0.3 is 5.51 Å². The summed E-state index contributed by atoms with van der Waals surface area (Å²) in [5, 5.41) is 8.43. The van der Waals surface area contributed by atoms with Gasteiger partial charge in [-0.15, -0.1) is 0 Å². The van der Waals surface area contributed by atoms with Gasteiger partial charge in [0.25, 0.3) is 0 Å². The Bertz CT molecular complexity index is 1540. The molecule has 1 fully saturated rings. The number of benzene rings is 5. The largest absolute Gasteiger partial charge is 0.741 e. The van der Waals surface area contributed by atoms with Gasteiger partial charge in [-0.1, -0.05) is 146 Å². The summed E-state index contributed by atoms with van der Waals surface area (Å²) < 4.78 is 58.9. The van der Waals surface area contributed by atoms with Crippen LogP contribution in [0.3, 0.4) is 0 Å². The fourth-order valence-corrected chi connectivity index (χ4v) is 10.1. The molecule has 0 heterocycles. The molecule has 0 atom stereocenters. The molecule has 1 aliphatic carbocycles. The van der Waals surface area contributed by atoms with Crippen LogP contribution in [0.2, 0.25) is 0 Å². The monoisotopic (exact) mass is 806 g/mol. The minimum atomic E-state index is -6.09. The first-order valence-corrected chi connectivity index (χ1v) is 19.5. The molecule has 0 bridgehead atoms. The van der Waals surface area contributed by atoms with E-state index in [4.69, 9.17) is 13.0 Å². The van der Waals surface area contributed by atoms with Crippen LogP contribution < -0.4 is 31.8 Å². The number of hydrogen-bond acceptors (Lipinski definition) is 3. The summed E-state index contributed by atoms with van der Waals surface area (Å²) in [5.74, 6) is 0. The third kappa shape index (κ3) is 12.8.